The van der Waals surface area contributed by atoms with Crippen molar-refractivity contribution in [2.24, 2.45) is 0 Å². The highest BCUT2D eigenvalue weighted by Gasteiger charge is 2.52. The Morgan fingerprint density at radius 1 is 0.893 bits per heavy atom. The zero-order valence-corrected chi connectivity index (χ0v) is 16.6. The first-order valence-electron chi connectivity index (χ1n) is 9.30. The van der Waals surface area contributed by atoms with Gasteiger partial charge >= 0.3 is 13.3 Å². The van der Waals surface area contributed by atoms with Gasteiger partial charge in [0, 0.05) is 13.1 Å². The van der Waals surface area contributed by atoms with Crippen molar-refractivity contribution in [2.75, 3.05) is 0 Å². The molecule has 150 valence electrons. The van der Waals surface area contributed by atoms with E-state index in [-0.39, 0.29) is 6.54 Å². The first-order valence-corrected chi connectivity index (χ1v) is 9.30. The van der Waals surface area contributed by atoms with Gasteiger partial charge in [-0.3, -0.25) is 0 Å². The first-order chi connectivity index (χ1) is 13.0. The van der Waals surface area contributed by atoms with E-state index in [0.717, 1.165) is 11.6 Å². The Morgan fingerprint density at radius 2 is 1.50 bits per heavy atom. The third-order valence-corrected chi connectivity index (χ3v) is 5.46. The zero-order chi connectivity index (χ0) is 20.6. The van der Waals surface area contributed by atoms with Gasteiger partial charge in [-0.2, -0.15) is 13.2 Å². The maximum atomic E-state index is 13.2. The summed E-state index contributed by atoms with van der Waals surface area (Å²) in [4.78, 5) is 0. The summed E-state index contributed by atoms with van der Waals surface area (Å²) in [5.41, 5.74) is 0.400. The smallest absolute Gasteiger partial charge is 0.399 e. The molecule has 0 saturated carbocycles. The molecule has 0 amide bonds. The van der Waals surface area contributed by atoms with E-state index in [9.17, 15) is 13.2 Å². The molecule has 1 heterocycles. The molecule has 1 fully saturated rings. The minimum absolute atomic E-state index is 0.276. The summed E-state index contributed by atoms with van der Waals surface area (Å²) >= 11 is 0. The van der Waals surface area contributed by atoms with Crippen molar-refractivity contribution in [3.05, 3.63) is 65.2 Å². The van der Waals surface area contributed by atoms with Gasteiger partial charge in [-0.25, -0.2) is 0 Å². The van der Waals surface area contributed by atoms with Gasteiger partial charge < -0.3 is 14.6 Å². The second kappa shape index (κ2) is 7.54. The van der Waals surface area contributed by atoms with Crippen molar-refractivity contribution >= 4 is 12.6 Å². The van der Waals surface area contributed by atoms with E-state index in [0.29, 0.717) is 17.6 Å². The maximum absolute atomic E-state index is 13.2. The highest BCUT2D eigenvalue weighted by Crippen LogP contribution is 2.37. The van der Waals surface area contributed by atoms with Gasteiger partial charge in [0.05, 0.1) is 16.8 Å². The second-order valence-electron chi connectivity index (χ2n) is 8.09. The molecule has 1 N–H and O–H groups in total. The van der Waals surface area contributed by atoms with Gasteiger partial charge in [0.15, 0.2) is 0 Å². The van der Waals surface area contributed by atoms with Crippen LogP contribution in [0.15, 0.2) is 48.5 Å². The number of halogens is 3. The summed E-state index contributed by atoms with van der Waals surface area (Å²) < 4.78 is 51.8. The van der Waals surface area contributed by atoms with Crippen molar-refractivity contribution in [1.29, 1.82) is 0 Å². The molecule has 0 atom stereocenters. The van der Waals surface area contributed by atoms with Crippen molar-refractivity contribution in [2.45, 2.75) is 58.2 Å². The monoisotopic (exact) mass is 391 g/mol. The molecule has 0 aromatic heterocycles. The fourth-order valence-corrected chi connectivity index (χ4v) is 3.07. The Kier molecular flexibility index (Phi) is 5.63. The summed E-state index contributed by atoms with van der Waals surface area (Å²) in [6.07, 6.45) is -4.40. The second-order valence-corrected chi connectivity index (χ2v) is 8.09. The molecule has 0 radical (unpaired) electrons. The standard InChI is InChI=1S/C21H25BF3NO2/c1-19(2)20(3,4)28-22(27-19)18-11-10-17(21(23,24)25)12-16(18)14-26-13-15-8-6-5-7-9-15/h5-12,26H,13-14H2,1-4H3. The summed E-state index contributed by atoms with van der Waals surface area (Å²) in [6, 6.07) is 13.4. The van der Waals surface area contributed by atoms with Crippen LogP contribution >= 0.6 is 0 Å². The van der Waals surface area contributed by atoms with Crippen LogP contribution in [-0.2, 0) is 28.6 Å². The van der Waals surface area contributed by atoms with E-state index in [2.05, 4.69) is 5.32 Å². The molecule has 2 aromatic carbocycles. The normalized spacial score (nSPS) is 18.5. The Bertz CT molecular complexity index is 806. The van der Waals surface area contributed by atoms with Crippen molar-refractivity contribution in [1.82, 2.24) is 5.32 Å². The number of hydrogen-bond donors (Lipinski definition) is 1. The van der Waals surface area contributed by atoms with Crippen LogP contribution in [0.2, 0.25) is 0 Å². The van der Waals surface area contributed by atoms with Gasteiger partial charge in [-0.1, -0.05) is 42.5 Å². The van der Waals surface area contributed by atoms with Gasteiger partial charge in [-0.05, 0) is 50.4 Å². The van der Waals surface area contributed by atoms with Crippen molar-refractivity contribution in [3.8, 4) is 0 Å². The zero-order valence-electron chi connectivity index (χ0n) is 16.6. The Balaban J connectivity index is 1.85. The third kappa shape index (κ3) is 4.42. The molecule has 2 aromatic rings. The molecule has 1 saturated heterocycles. The lowest BCUT2D eigenvalue weighted by atomic mass is 9.75. The van der Waals surface area contributed by atoms with Gasteiger partial charge in [-0.15, -0.1) is 0 Å². The predicted molar refractivity (Wildman–Crippen MR) is 104 cm³/mol. The lowest BCUT2D eigenvalue weighted by molar-refractivity contribution is -0.137. The van der Waals surface area contributed by atoms with E-state index in [4.69, 9.17) is 9.31 Å². The summed E-state index contributed by atoms with van der Waals surface area (Å²) in [6.45, 7) is 8.52. The quantitative estimate of drug-likeness (QED) is 0.772. The Morgan fingerprint density at radius 3 is 2.07 bits per heavy atom. The summed E-state index contributed by atoms with van der Waals surface area (Å²) in [5, 5.41) is 3.22. The molecule has 3 nitrogen and oxygen atoms in total. The third-order valence-electron chi connectivity index (χ3n) is 5.46. The van der Waals surface area contributed by atoms with Crippen LogP contribution in [0.1, 0.15) is 44.4 Å². The predicted octanol–water partition coefficient (Wildman–Crippen LogP) is 4.29. The Labute approximate surface area is 164 Å². The molecule has 7 heteroatoms. The lowest BCUT2D eigenvalue weighted by Crippen LogP contribution is -2.41. The molecule has 1 aliphatic rings. The number of rotatable bonds is 5. The molecule has 1 aliphatic heterocycles. The van der Waals surface area contributed by atoms with Crippen molar-refractivity contribution < 1.29 is 22.5 Å². The van der Waals surface area contributed by atoms with Crippen LogP contribution in [0.25, 0.3) is 0 Å². The van der Waals surface area contributed by atoms with Crippen molar-refractivity contribution in [3.63, 3.8) is 0 Å². The molecule has 0 aliphatic carbocycles. The minimum atomic E-state index is -4.40. The fourth-order valence-electron chi connectivity index (χ4n) is 3.07. The largest absolute Gasteiger partial charge is 0.495 e. The lowest BCUT2D eigenvalue weighted by Gasteiger charge is -2.32. The summed E-state index contributed by atoms with van der Waals surface area (Å²) in [7, 11) is -0.708. The molecule has 0 unspecified atom stereocenters. The minimum Gasteiger partial charge on any atom is -0.399 e. The fraction of sp³-hybridized carbons (Fsp3) is 0.429. The first kappa shape index (κ1) is 20.9. The van der Waals surface area contributed by atoms with E-state index in [1.165, 1.54) is 12.1 Å². The topological polar surface area (TPSA) is 30.5 Å². The molecule has 0 spiro atoms. The number of benzene rings is 2. The average molecular weight is 391 g/mol. The number of hydrogen-bond acceptors (Lipinski definition) is 3. The Hall–Kier alpha value is -1.83. The maximum Gasteiger partial charge on any atom is 0.495 e. The van der Waals surface area contributed by atoms with Crippen LogP contribution in [0.3, 0.4) is 0 Å². The molecular weight excluding hydrogens is 366 g/mol. The molecule has 28 heavy (non-hydrogen) atoms. The summed E-state index contributed by atoms with van der Waals surface area (Å²) in [5.74, 6) is 0. The number of alkyl halides is 3. The van der Waals surface area contributed by atoms with Crippen LogP contribution in [-0.4, -0.2) is 18.3 Å². The highest BCUT2D eigenvalue weighted by molar-refractivity contribution is 6.62. The van der Waals surface area contributed by atoms with Crippen LogP contribution in [0.5, 0.6) is 0 Å². The molecular formula is C21H25BF3NO2. The van der Waals surface area contributed by atoms with Crippen LogP contribution in [0, 0.1) is 0 Å². The molecule has 0 bridgehead atoms. The van der Waals surface area contributed by atoms with E-state index in [1.54, 1.807) is 0 Å². The molecule has 3 rings (SSSR count). The van der Waals surface area contributed by atoms with Crippen LogP contribution in [0.4, 0.5) is 13.2 Å². The van der Waals surface area contributed by atoms with Gasteiger partial charge in [0.1, 0.15) is 0 Å². The van der Waals surface area contributed by atoms with E-state index >= 15 is 0 Å². The average Bonchev–Trinajstić information content (AvgIpc) is 2.82. The van der Waals surface area contributed by atoms with Crippen LogP contribution < -0.4 is 10.8 Å². The SMILES string of the molecule is CC1(C)OB(c2ccc(C(F)(F)F)cc2CNCc2ccccc2)OC1(C)C. The van der Waals surface area contributed by atoms with Gasteiger partial charge in [0.2, 0.25) is 0 Å². The van der Waals surface area contributed by atoms with E-state index < -0.39 is 30.1 Å². The van der Waals surface area contributed by atoms with E-state index in [1.807, 2.05) is 58.0 Å². The van der Waals surface area contributed by atoms with Gasteiger partial charge in [0.25, 0.3) is 0 Å². The highest BCUT2D eigenvalue weighted by atomic mass is 19.4. The number of nitrogens with one attached hydrogen (secondary N) is 1.